The molecule has 0 aliphatic carbocycles. The molecule has 0 aromatic heterocycles. The number of carboxylic acid groups (broad SMARTS) is 1. The number of aliphatic carboxylic acids is 1. The van der Waals surface area contributed by atoms with E-state index in [4.69, 9.17) is 9.84 Å². The van der Waals surface area contributed by atoms with E-state index in [1.165, 1.54) is 12.1 Å². The van der Waals surface area contributed by atoms with Gasteiger partial charge in [0.1, 0.15) is 18.1 Å². The van der Waals surface area contributed by atoms with Gasteiger partial charge in [0.05, 0.1) is 0 Å². The van der Waals surface area contributed by atoms with E-state index < -0.39 is 11.9 Å². The third-order valence-corrected chi connectivity index (χ3v) is 4.95. The summed E-state index contributed by atoms with van der Waals surface area (Å²) in [4.78, 5) is 24.5. The first kappa shape index (κ1) is 21.1. The molecule has 0 aliphatic rings. The van der Waals surface area contributed by atoms with Crippen LogP contribution in [0.25, 0.3) is 0 Å². The molecular formula is C25H24O5. The average Bonchev–Trinajstić information content (AvgIpc) is 2.73. The molecule has 5 nitrogen and oxygen atoms in total. The van der Waals surface area contributed by atoms with Gasteiger partial charge in [-0.05, 0) is 42.2 Å². The molecule has 0 radical (unpaired) electrons. The van der Waals surface area contributed by atoms with E-state index in [1.807, 2.05) is 61.5 Å². The van der Waals surface area contributed by atoms with Gasteiger partial charge >= 0.3 is 5.97 Å². The van der Waals surface area contributed by atoms with E-state index in [9.17, 15) is 14.7 Å². The van der Waals surface area contributed by atoms with E-state index in [0.29, 0.717) is 12.4 Å². The SMILES string of the molecule is Cc1ccccc1[C@H](CCC(=O)O)C(=O)c1cc(O)cc(OCc2ccccc2)c1. The Balaban J connectivity index is 1.87. The lowest BCUT2D eigenvalue weighted by Crippen LogP contribution is -2.16. The summed E-state index contributed by atoms with van der Waals surface area (Å²) in [6.07, 6.45) is 0.0514. The molecule has 0 saturated heterocycles. The van der Waals surface area contributed by atoms with E-state index in [-0.39, 0.29) is 29.9 Å². The molecule has 0 unspecified atom stereocenters. The lowest BCUT2D eigenvalue weighted by atomic mass is 9.84. The Bertz CT molecular complexity index is 1030. The second-order valence-corrected chi connectivity index (χ2v) is 7.20. The van der Waals surface area contributed by atoms with Crippen molar-refractivity contribution in [2.24, 2.45) is 0 Å². The largest absolute Gasteiger partial charge is 0.508 e. The molecule has 2 N–H and O–H groups in total. The van der Waals surface area contributed by atoms with Crippen LogP contribution in [0.3, 0.4) is 0 Å². The maximum Gasteiger partial charge on any atom is 0.303 e. The number of carbonyl (C=O) groups is 2. The number of hydrogen-bond acceptors (Lipinski definition) is 4. The molecule has 0 saturated carbocycles. The predicted molar refractivity (Wildman–Crippen MR) is 114 cm³/mol. The van der Waals surface area contributed by atoms with Gasteiger partial charge in [-0.15, -0.1) is 0 Å². The summed E-state index contributed by atoms with van der Waals surface area (Å²) in [5.41, 5.74) is 2.96. The van der Waals surface area contributed by atoms with E-state index in [0.717, 1.165) is 16.7 Å². The molecule has 0 spiro atoms. The van der Waals surface area contributed by atoms with E-state index >= 15 is 0 Å². The van der Waals surface area contributed by atoms with Crippen LogP contribution in [0.2, 0.25) is 0 Å². The number of benzene rings is 3. The number of hydrogen-bond donors (Lipinski definition) is 2. The molecular weight excluding hydrogens is 380 g/mol. The van der Waals surface area contributed by atoms with Gasteiger partial charge in [-0.2, -0.15) is 0 Å². The number of ether oxygens (including phenoxy) is 1. The highest BCUT2D eigenvalue weighted by molar-refractivity contribution is 6.02. The van der Waals surface area contributed by atoms with Gasteiger partial charge in [0.15, 0.2) is 5.78 Å². The van der Waals surface area contributed by atoms with Crippen LogP contribution in [0.15, 0.2) is 72.8 Å². The van der Waals surface area contributed by atoms with Crippen molar-refractivity contribution in [3.05, 3.63) is 95.1 Å². The Morgan fingerprint density at radius 1 is 0.967 bits per heavy atom. The van der Waals surface area contributed by atoms with Crippen molar-refractivity contribution >= 4 is 11.8 Å². The number of ketones is 1. The van der Waals surface area contributed by atoms with Gasteiger partial charge in [-0.3, -0.25) is 9.59 Å². The van der Waals surface area contributed by atoms with Crippen LogP contribution >= 0.6 is 0 Å². The zero-order valence-electron chi connectivity index (χ0n) is 16.7. The van der Waals surface area contributed by atoms with Crippen LogP contribution < -0.4 is 4.74 Å². The molecule has 0 heterocycles. The molecule has 0 aliphatic heterocycles. The van der Waals surface area contributed by atoms with Gasteiger partial charge < -0.3 is 14.9 Å². The fourth-order valence-corrected chi connectivity index (χ4v) is 3.42. The van der Waals surface area contributed by atoms with Crippen LogP contribution in [-0.4, -0.2) is 22.0 Å². The highest BCUT2D eigenvalue weighted by Gasteiger charge is 2.25. The fraction of sp³-hybridized carbons (Fsp3) is 0.200. The zero-order chi connectivity index (χ0) is 21.5. The first-order valence-corrected chi connectivity index (χ1v) is 9.76. The van der Waals surface area contributed by atoms with Gasteiger partial charge in [0.2, 0.25) is 0 Å². The summed E-state index contributed by atoms with van der Waals surface area (Å²) in [7, 11) is 0. The minimum absolute atomic E-state index is 0.0781. The summed E-state index contributed by atoms with van der Waals surface area (Å²) in [5, 5.41) is 19.3. The topological polar surface area (TPSA) is 83.8 Å². The standard InChI is InChI=1S/C25H24O5/c1-17-7-5-6-10-22(17)23(11-12-24(27)28)25(29)19-13-20(26)15-21(14-19)30-16-18-8-3-2-4-9-18/h2-10,13-15,23,26H,11-12,16H2,1H3,(H,27,28)/t23-/m0/s1. The predicted octanol–water partition coefficient (Wildman–Crippen LogP) is 5.11. The fourth-order valence-electron chi connectivity index (χ4n) is 3.42. The maximum absolute atomic E-state index is 13.3. The van der Waals surface area contributed by atoms with Crippen molar-refractivity contribution in [3.63, 3.8) is 0 Å². The van der Waals surface area contributed by atoms with Crippen LogP contribution in [0.4, 0.5) is 0 Å². The summed E-state index contributed by atoms with van der Waals surface area (Å²) in [6, 6.07) is 21.5. The Hall–Kier alpha value is -3.60. The van der Waals surface area contributed by atoms with Crippen molar-refractivity contribution < 1.29 is 24.5 Å². The van der Waals surface area contributed by atoms with Crippen LogP contribution in [-0.2, 0) is 11.4 Å². The lowest BCUT2D eigenvalue weighted by molar-refractivity contribution is -0.137. The molecule has 3 aromatic carbocycles. The van der Waals surface area contributed by atoms with Crippen molar-refractivity contribution in [1.29, 1.82) is 0 Å². The number of carboxylic acids is 1. The van der Waals surface area contributed by atoms with Gasteiger partial charge in [0.25, 0.3) is 0 Å². The zero-order valence-corrected chi connectivity index (χ0v) is 16.7. The molecule has 154 valence electrons. The van der Waals surface area contributed by atoms with Crippen molar-refractivity contribution in [1.82, 2.24) is 0 Å². The number of aryl methyl sites for hydroxylation is 1. The van der Waals surface area contributed by atoms with Crippen LogP contribution in [0, 0.1) is 6.92 Å². The first-order chi connectivity index (χ1) is 14.4. The Morgan fingerprint density at radius 2 is 1.67 bits per heavy atom. The maximum atomic E-state index is 13.3. The third kappa shape index (κ3) is 5.47. The number of phenolic OH excluding ortho intramolecular Hbond substituents is 1. The van der Waals surface area contributed by atoms with Crippen molar-refractivity contribution in [2.75, 3.05) is 0 Å². The summed E-state index contributed by atoms with van der Waals surface area (Å²) in [6.45, 7) is 2.20. The molecule has 0 fully saturated rings. The number of rotatable bonds is 9. The Labute approximate surface area is 175 Å². The number of aromatic hydroxyl groups is 1. The van der Waals surface area contributed by atoms with Gasteiger partial charge in [0, 0.05) is 24.0 Å². The quantitative estimate of drug-likeness (QED) is 0.484. The molecule has 1 atom stereocenters. The van der Waals surface area contributed by atoms with Gasteiger partial charge in [-0.1, -0.05) is 54.6 Å². The molecule has 0 amide bonds. The molecule has 30 heavy (non-hydrogen) atoms. The average molecular weight is 404 g/mol. The minimum atomic E-state index is -0.954. The van der Waals surface area contributed by atoms with Gasteiger partial charge in [-0.25, -0.2) is 0 Å². The summed E-state index contributed by atoms with van der Waals surface area (Å²) < 4.78 is 5.76. The highest BCUT2D eigenvalue weighted by Crippen LogP contribution is 2.31. The number of phenols is 1. The van der Waals surface area contributed by atoms with Crippen LogP contribution in [0.5, 0.6) is 11.5 Å². The lowest BCUT2D eigenvalue weighted by Gasteiger charge is -2.18. The second-order valence-electron chi connectivity index (χ2n) is 7.20. The minimum Gasteiger partial charge on any atom is -0.508 e. The third-order valence-electron chi connectivity index (χ3n) is 4.95. The monoisotopic (exact) mass is 404 g/mol. The Morgan fingerprint density at radius 3 is 2.37 bits per heavy atom. The summed E-state index contributed by atoms with van der Waals surface area (Å²) in [5.74, 6) is -1.52. The number of Topliss-reactive ketones (excluding diaryl/α,β-unsaturated/α-hetero) is 1. The highest BCUT2D eigenvalue weighted by atomic mass is 16.5. The normalized spacial score (nSPS) is 11.6. The van der Waals surface area contributed by atoms with Crippen LogP contribution in [0.1, 0.15) is 45.8 Å². The molecule has 0 bridgehead atoms. The molecule has 5 heteroatoms. The second kappa shape index (κ2) is 9.74. The van der Waals surface area contributed by atoms with E-state index in [1.54, 1.807) is 6.07 Å². The smallest absolute Gasteiger partial charge is 0.303 e. The van der Waals surface area contributed by atoms with Crippen molar-refractivity contribution in [3.8, 4) is 11.5 Å². The molecule has 3 aromatic rings. The van der Waals surface area contributed by atoms with Crippen molar-refractivity contribution in [2.45, 2.75) is 32.3 Å². The molecule has 3 rings (SSSR count). The van der Waals surface area contributed by atoms with E-state index in [2.05, 4.69) is 0 Å². The first-order valence-electron chi connectivity index (χ1n) is 9.76. The number of carbonyl (C=O) groups excluding carboxylic acids is 1. The summed E-state index contributed by atoms with van der Waals surface area (Å²) >= 11 is 0. The Kier molecular flexibility index (Phi) is 6.86.